The van der Waals surface area contributed by atoms with Crippen LogP contribution in [0.5, 0.6) is 0 Å². The number of ether oxygens (including phenoxy) is 1. The second kappa shape index (κ2) is 9.11. The molecule has 166 valence electrons. The van der Waals surface area contributed by atoms with Crippen LogP contribution in [-0.2, 0) is 15.7 Å². The van der Waals surface area contributed by atoms with Gasteiger partial charge in [0.2, 0.25) is 5.91 Å². The van der Waals surface area contributed by atoms with Crippen LogP contribution in [0.25, 0.3) is 0 Å². The molecule has 3 amide bonds. The number of nitrogens with zero attached hydrogens (tertiary/aromatic N) is 3. The van der Waals surface area contributed by atoms with Gasteiger partial charge in [0.15, 0.2) is 0 Å². The molecule has 0 unspecified atom stereocenters. The summed E-state index contributed by atoms with van der Waals surface area (Å²) >= 11 is 0. The molecule has 2 aliphatic rings. The van der Waals surface area contributed by atoms with Crippen molar-refractivity contribution in [2.24, 2.45) is 5.92 Å². The van der Waals surface area contributed by atoms with Crippen LogP contribution in [0.3, 0.4) is 0 Å². The van der Waals surface area contributed by atoms with E-state index in [4.69, 9.17) is 4.74 Å². The van der Waals surface area contributed by atoms with Crippen molar-refractivity contribution in [3.05, 3.63) is 23.8 Å². The molecule has 10 heteroatoms. The number of carbonyl (C=O) groups excluding carboxylic acids is 2. The highest BCUT2D eigenvalue weighted by atomic mass is 19.4. The molecular formula is C20H27F3N4O3. The number of piperidine rings is 1. The summed E-state index contributed by atoms with van der Waals surface area (Å²) < 4.78 is 45.0. The molecule has 1 N–H and O–H groups in total. The van der Waals surface area contributed by atoms with E-state index < -0.39 is 11.7 Å². The van der Waals surface area contributed by atoms with Gasteiger partial charge in [-0.3, -0.25) is 4.79 Å². The fraction of sp³-hybridized carbons (Fsp3) is 0.600. The zero-order valence-electron chi connectivity index (χ0n) is 17.2. The Labute approximate surface area is 173 Å². The first kappa shape index (κ1) is 22.2. The molecule has 3 rings (SSSR count). The van der Waals surface area contributed by atoms with Crippen molar-refractivity contribution >= 4 is 23.3 Å². The van der Waals surface area contributed by atoms with Gasteiger partial charge in [-0.05, 0) is 31.0 Å². The summed E-state index contributed by atoms with van der Waals surface area (Å²) in [7, 11) is 3.34. The van der Waals surface area contributed by atoms with Gasteiger partial charge in [-0.1, -0.05) is 0 Å². The second-order valence-corrected chi connectivity index (χ2v) is 7.76. The number of carbonyl (C=O) groups is 2. The van der Waals surface area contributed by atoms with Crippen LogP contribution in [0.15, 0.2) is 18.2 Å². The Hall–Kier alpha value is -2.49. The molecule has 0 spiro atoms. The van der Waals surface area contributed by atoms with Crippen LogP contribution in [0.2, 0.25) is 0 Å². The molecule has 0 atom stereocenters. The van der Waals surface area contributed by atoms with Gasteiger partial charge in [0.05, 0.1) is 30.2 Å². The average molecular weight is 428 g/mol. The minimum absolute atomic E-state index is 0.110. The van der Waals surface area contributed by atoms with Crippen LogP contribution in [0.4, 0.5) is 29.3 Å². The molecule has 0 aromatic heterocycles. The van der Waals surface area contributed by atoms with Crippen molar-refractivity contribution in [3.8, 4) is 0 Å². The first-order chi connectivity index (χ1) is 14.2. The van der Waals surface area contributed by atoms with Crippen molar-refractivity contribution in [1.82, 2.24) is 9.80 Å². The Bertz CT molecular complexity index is 771. The molecular weight excluding hydrogens is 401 g/mol. The number of benzene rings is 1. The molecule has 2 fully saturated rings. The maximum absolute atomic E-state index is 13.2. The molecule has 30 heavy (non-hydrogen) atoms. The van der Waals surface area contributed by atoms with Crippen molar-refractivity contribution in [1.29, 1.82) is 0 Å². The van der Waals surface area contributed by atoms with Crippen LogP contribution in [0.1, 0.15) is 18.4 Å². The van der Waals surface area contributed by atoms with E-state index in [0.29, 0.717) is 57.9 Å². The SMILES string of the molecule is CN(C)C(=O)N1CCC(C(=O)Nc2cc(C(F)(F)F)ccc2N2CCOCC2)CC1. The maximum Gasteiger partial charge on any atom is 0.416 e. The molecule has 0 radical (unpaired) electrons. The summed E-state index contributed by atoms with van der Waals surface area (Å²) in [6.45, 7) is 2.92. The number of urea groups is 1. The Morgan fingerprint density at radius 2 is 1.73 bits per heavy atom. The molecule has 1 aromatic carbocycles. The van der Waals surface area contributed by atoms with Gasteiger partial charge in [0.1, 0.15) is 0 Å². The smallest absolute Gasteiger partial charge is 0.378 e. The minimum Gasteiger partial charge on any atom is -0.378 e. The molecule has 1 aromatic rings. The summed E-state index contributed by atoms with van der Waals surface area (Å²) in [5, 5.41) is 2.72. The van der Waals surface area contributed by atoms with Gasteiger partial charge < -0.3 is 24.8 Å². The number of hydrogen-bond donors (Lipinski definition) is 1. The standard InChI is InChI=1S/C20H27F3N4O3/c1-25(2)19(29)27-7-5-14(6-8-27)18(28)24-16-13-15(20(21,22)23)3-4-17(16)26-9-11-30-12-10-26/h3-4,13-14H,5-12H2,1-2H3,(H,24,28). The zero-order valence-corrected chi connectivity index (χ0v) is 17.2. The van der Waals surface area contributed by atoms with Crippen molar-refractivity contribution in [3.63, 3.8) is 0 Å². The number of hydrogen-bond acceptors (Lipinski definition) is 4. The zero-order chi connectivity index (χ0) is 21.9. The van der Waals surface area contributed by atoms with E-state index in [0.717, 1.165) is 12.1 Å². The molecule has 2 aliphatic heterocycles. The third-order valence-corrected chi connectivity index (χ3v) is 5.45. The number of anilines is 2. The molecule has 0 saturated carbocycles. The first-order valence-corrected chi connectivity index (χ1v) is 9.98. The highest BCUT2D eigenvalue weighted by Gasteiger charge is 2.33. The number of alkyl halides is 3. The lowest BCUT2D eigenvalue weighted by Crippen LogP contribution is -2.45. The molecule has 2 saturated heterocycles. The lowest BCUT2D eigenvalue weighted by molar-refractivity contribution is -0.137. The number of likely N-dealkylation sites (tertiary alicyclic amines) is 1. The number of morpholine rings is 1. The van der Waals surface area contributed by atoms with Gasteiger partial charge in [-0.15, -0.1) is 0 Å². The van der Waals surface area contributed by atoms with Gasteiger partial charge in [0, 0.05) is 46.2 Å². The average Bonchev–Trinajstić information content (AvgIpc) is 2.73. The van der Waals surface area contributed by atoms with Crippen molar-refractivity contribution in [2.45, 2.75) is 19.0 Å². The van der Waals surface area contributed by atoms with Gasteiger partial charge >= 0.3 is 12.2 Å². The lowest BCUT2D eigenvalue weighted by Gasteiger charge is -2.34. The monoisotopic (exact) mass is 428 g/mol. The number of nitrogens with one attached hydrogen (secondary N) is 1. The van der Waals surface area contributed by atoms with Gasteiger partial charge in [-0.25, -0.2) is 4.79 Å². The quantitative estimate of drug-likeness (QED) is 0.804. The van der Waals surface area contributed by atoms with E-state index in [1.54, 1.807) is 19.0 Å². The van der Waals surface area contributed by atoms with E-state index in [2.05, 4.69) is 5.32 Å². The van der Waals surface area contributed by atoms with Gasteiger partial charge in [-0.2, -0.15) is 13.2 Å². The van der Waals surface area contributed by atoms with Crippen molar-refractivity contribution < 1.29 is 27.5 Å². The molecule has 7 nitrogen and oxygen atoms in total. The fourth-order valence-electron chi connectivity index (χ4n) is 3.74. The third kappa shape index (κ3) is 5.16. The Morgan fingerprint density at radius 3 is 2.30 bits per heavy atom. The van der Waals surface area contributed by atoms with E-state index in [1.165, 1.54) is 11.0 Å². The predicted octanol–water partition coefficient (Wildman–Crippen LogP) is 2.87. The van der Waals surface area contributed by atoms with Crippen LogP contribution in [0, 0.1) is 5.92 Å². The van der Waals surface area contributed by atoms with E-state index in [1.807, 2.05) is 4.90 Å². The van der Waals surface area contributed by atoms with Crippen molar-refractivity contribution in [2.75, 3.05) is 63.7 Å². The van der Waals surface area contributed by atoms with E-state index >= 15 is 0 Å². The fourth-order valence-corrected chi connectivity index (χ4v) is 3.74. The Balaban J connectivity index is 1.74. The summed E-state index contributed by atoms with van der Waals surface area (Å²) in [6.07, 6.45) is -3.56. The topological polar surface area (TPSA) is 65.1 Å². The largest absolute Gasteiger partial charge is 0.416 e. The first-order valence-electron chi connectivity index (χ1n) is 9.98. The highest BCUT2D eigenvalue weighted by molar-refractivity contribution is 5.96. The normalized spacial score (nSPS) is 18.3. The molecule has 0 aliphatic carbocycles. The number of amides is 3. The predicted molar refractivity (Wildman–Crippen MR) is 106 cm³/mol. The van der Waals surface area contributed by atoms with Crippen LogP contribution in [-0.4, -0.2) is 75.2 Å². The Morgan fingerprint density at radius 1 is 1.10 bits per heavy atom. The lowest BCUT2D eigenvalue weighted by atomic mass is 9.96. The third-order valence-electron chi connectivity index (χ3n) is 5.45. The second-order valence-electron chi connectivity index (χ2n) is 7.76. The summed E-state index contributed by atoms with van der Waals surface area (Å²) in [5.41, 5.74) is -0.0930. The number of rotatable bonds is 3. The summed E-state index contributed by atoms with van der Waals surface area (Å²) in [6, 6.07) is 3.32. The van der Waals surface area contributed by atoms with Crippen LogP contribution >= 0.6 is 0 Å². The van der Waals surface area contributed by atoms with E-state index in [-0.39, 0.29) is 23.5 Å². The highest BCUT2D eigenvalue weighted by Crippen LogP contribution is 2.36. The van der Waals surface area contributed by atoms with Crippen LogP contribution < -0.4 is 10.2 Å². The summed E-state index contributed by atoms with van der Waals surface area (Å²) in [4.78, 5) is 29.9. The van der Waals surface area contributed by atoms with Gasteiger partial charge in [0.25, 0.3) is 0 Å². The van der Waals surface area contributed by atoms with E-state index in [9.17, 15) is 22.8 Å². The minimum atomic E-state index is -4.50. The Kier molecular flexibility index (Phi) is 6.74. The summed E-state index contributed by atoms with van der Waals surface area (Å²) in [5.74, 6) is -0.677. The molecule has 0 bridgehead atoms. The maximum atomic E-state index is 13.2. The molecule has 2 heterocycles. The number of halogens is 3.